The summed E-state index contributed by atoms with van der Waals surface area (Å²) in [6.45, 7) is 3.00. The zero-order chi connectivity index (χ0) is 18.1. The Labute approximate surface area is 152 Å². The molecule has 2 saturated heterocycles. The minimum atomic E-state index is -0.148. The maximum atomic E-state index is 12.7. The number of hydrogen-bond donors (Lipinski definition) is 2. The molecule has 2 bridgehead atoms. The van der Waals surface area contributed by atoms with Crippen molar-refractivity contribution in [1.82, 2.24) is 19.8 Å². The molecule has 0 saturated carbocycles. The highest BCUT2D eigenvalue weighted by Crippen LogP contribution is 2.23. The predicted molar refractivity (Wildman–Crippen MR) is 98.2 cm³/mol. The number of aromatic nitrogens is 2. The third-order valence-corrected chi connectivity index (χ3v) is 5.21. The molecule has 1 aromatic heterocycles. The van der Waals surface area contributed by atoms with E-state index in [9.17, 15) is 9.59 Å². The molecule has 0 unspecified atom stereocenters. The van der Waals surface area contributed by atoms with E-state index in [4.69, 9.17) is 0 Å². The third kappa shape index (κ3) is 3.29. The fourth-order valence-corrected chi connectivity index (χ4v) is 3.78. The van der Waals surface area contributed by atoms with Gasteiger partial charge in [0, 0.05) is 42.9 Å². The quantitative estimate of drug-likeness (QED) is 0.869. The monoisotopic (exact) mass is 353 g/mol. The van der Waals surface area contributed by atoms with E-state index in [2.05, 4.69) is 15.6 Å². The van der Waals surface area contributed by atoms with Gasteiger partial charge in [-0.05, 0) is 44.0 Å². The average molecular weight is 353 g/mol. The van der Waals surface area contributed by atoms with E-state index >= 15 is 0 Å². The second-order valence-corrected chi connectivity index (χ2v) is 7.06. The van der Waals surface area contributed by atoms with Crippen molar-refractivity contribution >= 4 is 17.6 Å². The van der Waals surface area contributed by atoms with Crippen molar-refractivity contribution < 1.29 is 9.59 Å². The molecule has 0 spiro atoms. The van der Waals surface area contributed by atoms with Crippen molar-refractivity contribution in [2.24, 2.45) is 5.92 Å². The molecule has 3 amide bonds. The number of carbonyl (C=O) groups excluding carboxylic acids is 2. The summed E-state index contributed by atoms with van der Waals surface area (Å²) in [5, 5.41) is 6.00. The van der Waals surface area contributed by atoms with Gasteiger partial charge in [-0.1, -0.05) is 6.42 Å². The Kier molecular flexibility index (Phi) is 4.36. The summed E-state index contributed by atoms with van der Waals surface area (Å²) in [5.74, 6) is 0.901. The molecule has 7 nitrogen and oxygen atoms in total. The summed E-state index contributed by atoms with van der Waals surface area (Å²) >= 11 is 0. The number of aryl methyl sites for hydroxylation is 1. The molecule has 26 heavy (non-hydrogen) atoms. The van der Waals surface area contributed by atoms with Gasteiger partial charge in [-0.15, -0.1) is 0 Å². The Hall–Kier alpha value is -2.83. The van der Waals surface area contributed by atoms with E-state index in [1.807, 2.05) is 42.0 Å². The van der Waals surface area contributed by atoms with Gasteiger partial charge >= 0.3 is 6.03 Å². The van der Waals surface area contributed by atoms with Crippen molar-refractivity contribution in [3.63, 3.8) is 0 Å². The van der Waals surface area contributed by atoms with Gasteiger partial charge in [0.1, 0.15) is 5.82 Å². The molecule has 1 aromatic carbocycles. The van der Waals surface area contributed by atoms with Crippen LogP contribution in [0.25, 0.3) is 5.69 Å². The summed E-state index contributed by atoms with van der Waals surface area (Å²) in [6.07, 6.45) is 6.49. The molecule has 2 fully saturated rings. The van der Waals surface area contributed by atoms with Crippen molar-refractivity contribution in [2.75, 3.05) is 18.4 Å². The van der Waals surface area contributed by atoms with Crippen LogP contribution in [-0.2, 0) is 4.79 Å². The van der Waals surface area contributed by atoms with Crippen LogP contribution in [-0.4, -0.2) is 45.5 Å². The highest BCUT2D eigenvalue weighted by atomic mass is 16.2. The lowest BCUT2D eigenvalue weighted by atomic mass is 9.99. The summed E-state index contributed by atoms with van der Waals surface area (Å²) in [4.78, 5) is 30.8. The number of nitrogens with zero attached hydrogens (tertiary/aromatic N) is 3. The second-order valence-electron chi connectivity index (χ2n) is 7.06. The number of rotatable bonds is 2. The summed E-state index contributed by atoms with van der Waals surface area (Å²) in [7, 11) is 0. The largest absolute Gasteiger partial charge is 0.351 e. The minimum Gasteiger partial charge on any atom is -0.351 e. The predicted octanol–water partition coefficient (Wildman–Crippen LogP) is 2.31. The molecule has 4 rings (SSSR count). The minimum absolute atomic E-state index is 0.0624. The van der Waals surface area contributed by atoms with Crippen molar-refractivity contribution in [3.8, 4) is 5.69 Å². The Balaban J connectivity index is 1.45. The fourth-order valence-electron chi connectivity index (χ4n) is 3.78. The molecule has 2 aliphatic rings. The molecular weight excluding hydrogens is 330 g/mol. The molecule has 7 heteroatoms. The Morgan fingerprint density at radius 2 is 2.04 bits per heavy atom. The SMILES string of the molecule is Cc1nccn1-c1ccc(NC(=O)N2C[C@@H]3CCC[C@H](C2)C(=O)N3)cc1. The first-order valence-electron chi connectivity index (χ1n) is 9.07. The van der Waals surface area contributed by atoms with Crippen LogP contribution < -0.4 is 10.6 Å². The maximum absolute atomic E-state index is 12.7. The summed E-state index contributed by atoms with van der Waals surface area (Å²) < 4.78 is 1.98. The number of likely N-dealkylation sites (tertiary alicyclic amines) is 1. The number of carbonyl (C=O) groups is 2. The second kappa shape index (κ2) is 6.82. The summed E-state index contributed by atoms with van der Waals surface area (Å²) in [5.41, 5.74) is 1.74. The van der Waals surface area contributed by atoms with Crippen molar-refractivity contribution in [2.45, 2.75) is 32.2 Å². The number of hydrogen-bond acceptors (Lipinski definition) is 3. The van der Waals surface area contributed by atoms with E-state index in [1.165, 1.54) is 0 Å². The molecule has 2 aliphatic heterocycles. The normalized spacial score (nSPS) is 22.5. The van der Waals surface area contributed by atoms with Gasteiger partial charge in [0.25, 0.3) is 0 Å². The molecule has 136 valence electrons. The first-order chi connectivity index (χ1) is 12.6. The molecule has 3 heterocycles. The van der Waals surface area contributed by atoms with E-state index in [1.54, 1.807) is 11.1 Å². The highest BCUT2D eigenvalue weighted by molar-refractivity contribution is 5.90. The Bertz CT molecular complexity index is 814. The molecule has 0 aliphatic carbocycles. The molecule has 2 N–H and O–H groups in total. The van der Waals surface area contributed by atoms with Crippen LogP contribution in [0.1, 0.15) is 25.1 Å². The lowest BCUT2D eigenvalue weighted by molar-refractivity contribution is -0.124. The third-order valence-electron chi connectivity index (χ3n) is 5.21. The van der Waals surface area contributed by atoms with Gasteiger partial charge in [0.15, 0.2) is 0 Å². The fraction of sp³-hybridized carbons (Fsp3) is 0.421. The van der Waals surface area contributed by atoms with Crippen LogP contribution in [0.2, 0.25) is 0 Å². The van der Waals surface area contributed by atoms with Crippen LogP contribution >= 0.6 is 0 Å². The molecule has 0 radical (unpaired) electrons. The van der Waals surface area contributed by atoms with Crippen LogP contribution in [0.5, 0.6) is 0 Å². The number of benzene rings is 1. The molecular formula is C19H23N5O2. The van der Waals surface area contributed by atoms with Gasteiger partial charge in [-0.3, -0.25) is 4.79 Å². The first-order valence-corrected chi connectivity index (χ1v) is 9.07. The Morgan fingerprint density at radius 3 is 2.77 bits per heavy atom. The molecule has 2 aromatic rings. The number of urea groups is 1. The number of fused-ring (bicyclic) bond motifs is 3. The van der Waals surface area contributed by atoms with Gasteiger partial charge in [-0.25, -0.2) is 9.78 Å². The van der Waals surface area contributed by atoms with Crippen LogP contribution in [0.15, 0.2) is 36.7 Å². The van der Waals surface area contributed by atoms with E-state index < -0.39 is 0 Å². The smallest absolute Gasteiger partial charge is 0.321 e. The lowest BCUT2D eigenvalue weighted by Crippen LogP contribution is -2.43. The van der Waals surface area contributed by atoms with Gasteiger partial charge in [0.05, 0.1) is 5.92 Å². The van der Waals surface area contributed by atoms with Crippen LogP contribution in [0, 0.1) is 12.8 Å². The molecule has 2 atom stereocenters. The number of nitrogens with one attached hydrogen (secondary N) is 2. The maximum Gasteiger partial charge on any atom is 0.321 e. The van der Waals surface area contributed by atoms with Gasteiger partial charge in [0.2, 0.25) is 5.91 Å². The van der Waals surface area contributed by atoms with Gasteiger partial charge in [-0.2, -0.15) is 0 Å². The van der Waals surface area contributed by atoms with Crippen molar-refractivity contribution in [1.29, 1.82) is 0 Å². The van der Waals surface area contributed by atoms with E-state index in [0.717, 1.165) is 36.5 Å². The van der Waals surface area contributed by atoms with Crippen molar-refractivity contribution in [3.05, 3.63) is 42.5 Å². The Morgan fingerprint density at radius 1 is 1.23 bits per heavy atom. The first kappa shape index (κ1) is 16.6. The lowest BCUT2D eigenvalue weighted by Gasteiger charge is -2.27. The average Bonchev–Trinajstić information content (AvgIpc) is 2.87. The number of anilines is 1. The van der Waals surface area contributed by atoms with E-state index in [-0.39, 0.29) is 23.9 Å². The van der Waals surface area contributed by atoms with Crippen LogP contribution in [0.3, 0.4) is 0 Å². The van der Waals surface area contributed by atoms with E-state index in [0.29, 0.717) is 13.1 Å². The number of imidazole rings is 1. The summed E-state index contributed by atoms with van der Waals surface area (Å²) in [6, 6.07) is 7.58. The zero-order valence-electron chi connectivity index (χ0n) is 14.8. The van der Waals surface area contributed by atoms with Crippen LogP contribution in [0.4, 0.5) is 10.5 Å². The van der Waals surface area contributed by atoms with Gasteiger partial charge < -0.3 is 20.1 Å². The zero-order valence-corrected chi connectivity index (χ0v) is 14.8. The highest BCUT2D eigenvalue weighted by Gasteiger charge is 2.34. The topological polar surface area (TPSA) is 79.3 Å². The standard InChI is InChI=1S/C19H23N5O2/c1-13-20-9-10-24(13)17-7-5-15(6-8-17)22-19(26)23-11-14-3-2-4-16(12-23)21-18(14)25/h5-10,14,16H,2-4,11-12H2,1H3,(H,21,25)(H,22,26)/t14-,16+/m1/s1. The number of amides is 3.